The number of aromatic nitrogens is 2. The average Bonchev–Trinajstić information content (AvgIpc) is 2.85. The molecule has 2 fully saturated rings. The van der Waals surface area contributed by atoms with Gasteiger partial charge in [-0.1, -0.05) is 12.1 Å². The number of rotatable bonds is 6. The molecule has 2 aliphatic rings. The lowest BCUT2D eigenvalue weighted by molar-refractivity contribution is 0.0188. The lowest BCUT2D eigenvalue weighted by Crippen LogP contribution is -2.48. The zero-order valence-corrected chi connectivity index (χ0v) is 19.9. The lowest BCUT2D eigenvalue weighted by atomic mass is 9.88. The molecule has 184 valence electrons. The number of methoxy groups -OCH3 is 1. The first-order valence-electron chi connectivity index (χ1n) is 11.9. The summed E-state index contributed by atoms with van der Waals surface area (Å²) in [6.45, 7) is 3.59. The molecule has 1 aromatic carbocycles. The Morgan fingerprint density at radius 1 is 1.24 bits per heavy atom. The monoisotopic (exact) mass is 469 g/mol. The second-order valence-electron chi connectivity index (χ2n) is 9.12. The Hall–Kier alpha value is -2.79. The molecule has 4 rings (SSSR count). The zero-order valence-electron chi connectivity index (χ0n) is 19.9. The van der Waals surface area contributed by atoms with E-state index in [-0.39, 0.29) is 24.0 Å². The number of nitrogens with two attached hydrogens (primary N) is 1. The van der Waals surface area contributed by atoms with Crippen LogP contribution in [-0.2, 0) is 11.3 Å². The Kier molecular flexibility index (Phi) is 7.94. The van der Waals surface area contributed by atoms with Gasteiger partial charge in [-0.25, -0.2) is 9.59 Å². The normalized spacial score (nSPS) is 23.2. The highest BCUT2D eigenvalue weighted by Crippen LogP contribution is 2.25. The van der Waals surface area contributed by atoms with Crippen molar-refractivity contribution in [1.29, 1.82) is 0 Å². The molecule has 1 unspecified atom stereocenters. The third-order valence-corrected chi connectivity index (χ3v) is 6.83. The molecule has 10 nitrogen and oxygen atoms in total. The van der Waals surface area contributed by atoms with E-state index in [1.165, 1.54) is 4.57 Å². The minimum atomic E-state index is -0.438. The van der Waals surface area contributed by atoms with Gasteiger partial charge in [0, 0.05) is 58.1 Å². The number of hydrogen-bond donors (Lipinski definition) is 3. The van der Waals surface area contributed by atoms with Crippen molar-refractivity contribution in [3.05, 3.63) is 52.6 Å². The molecule has 2 aromatic rings. The molecule has 10 heteroatoms. The molecule has 1 aromatic heterocycles. The summed E-state index contributed by atoms with van der Waals surface area (Å²) in [5.41, 5.74) is 7.61. The molecule has 1 saturated heterocycles. The number of carbonyl (C=O) groups is 1. The van der Waals surface area contributed by atoms with Crippen molar-refractivity contribution >= 4 is 11.8 Å². The second-order valence-corrected chi connectivity index (χ2v) is 9.12. The summed E-state index contributed by atoms with van der Waals surface area (Å²) in [5, 5.41) is 5.92. The smallest absolute Gasteiger partial charge is 0.354 e. The molecular weight excluding hydrogens is 434 g/mol. The van der Waals surface area contributed by atoms with Crippen LogP contribution in [0, 0.1) is 0 Å². The molecule has 3 atom stereocenters. The van der Waals surface area contributed by atoms with Gasteiger partial charge in [0.15, 0.2) is 0 Å². The van der Waals surface area contributed by atoms with Gasteiger partial charge in [-0.05, 0) is 50.1 Å². The maximum absolute atomic E-state index is 12.6. The van der Waals surface area contributed by atoms with Crippen LogP contribution < -0.4 is 22.1 Å². The van der Waals surface area contributed by atoms with Gasteiger partial charge in [-0.2, -0.15) is 4.98 Å². The predicted octanol–water partition coefficient (Wildman–Crippen LogP) is 0.996. The Labute approximate surface area is 200 Å². The van der Waals surface area contributed by atoms with Crippen LogP contribution >= 0.6 is 0 Å². The SMILES string of the molecule is CO[C@H]1CC(N(C)Cc2ccc(-n3ccc(NC(=O)N4CCNCC4)nc3=O)cc2)CC[C@@H]1N. The molecule has 4 N–H and O–H groups in total. The van der Waals surface area contributed by atoms with Gasteiger partial charge in [0.25, 0.3) is 0 Å². The molecular formula is C24H35N7O3. The van der Waals surface area contributed by atoms with Crippen molar-refractivity contribution in [2.75, 3.05) is 45.7 Å². The topological polar surface area (TPSA) is 118 Å². The van der Waals surface area contributed by atoms with E-state index < -0.39 is 5.69 Å². The molecule has 1 saturated carbocycles. The van der Waals surface area contributed by atoms with Gasteiger partial charge in [-0.3, -0.25) is 14.8 Å². The maximum Gasteiger partial charge on any atom is 0.354 e. The quantitative estimate of drug-likeness (QED) is 0.578. The standard InChI is InChI=1S/C24H35N7O3/c1-29(19-7-8-20(25)21(15-19)34-2)16-17-3-5-18(6-4-17)31-12-9-22(28-24(31)33)27-23(32)30-13-10-26-11-14-30/h3-6,9,12,19-21,26H,7-8,10-11,13-16,25H2,1-2H3,(H,27,28,32,33)/t19?,20-,21-/m0/s1. The number of ether oxygens (including phenoxy) is 1. The Bertz CT molecular complexity index is 1020. The van der Waals surface area contributed by atoms with Gasteiger partial charge >= 0.3 is 11.7 Å². The number of anilines is 1. The van der Waals surface area contributed by atoms with Gasteiger partial charge in [-0.15, -0.1) is 0 Å². The highest BCUT2D eigenvalue weighted by molar-refractivity contribution is 5.88. The largest absolute Gasteiger partial charge is 0.380 e. The van der Waals surface area contributed by atoms with E-state index in [1.807, 2.05) is 24.3 Å². The van der Waals surface area contributed by atoms with Crippen LogP contribution in [0.2, 0.25) is 0 Å². The van der Waals surface area contributed by atoms with Crippen LogP contribution in [0.25, 0.3) is 5.69 Å². The van der Waals surface area contributed by atoms with E-state index in [4.69, 9.17) is 10.5 Å². The number of benzene rings is 1. The first-order chi connectivity index (χ1) is 16.4. The van der Waals surface area contributed by atoms with Crippen molar-refractivity contribution in [2.24, 2.45) is 5.73 Å². The Morgan fingerprint density at radius 2 is 1.97 bits per heavy atom. The van der Waals surface area contributed by atoms with Gasteiger partial charge in [0.2, 0.25) is 0 Å². The Balaban J connectivity index is 1.36. The van der Waals surface area contributed by atoms with E-state index in [1.54, 1.807) is 24.3 Å². The van der Waals surface area contributed by atoms with Crippen LogP contribution in [0.4, 0.5) is 10.6 Å². The Morgan fingerprint density at radius 3 is 2.65 bits per heavy atom. The second kappa shape index (κ2) is 11.1. The minimum Gasteiger partial charge on any atom is -0.380 e. The molecule has 0 spiro atoms. The molecule has 2 amide bonds. The molecule has 2 heterocycles. The van der Waals surface area contributed by atoms with Crippen molar-refractivity contribution in [2.45, 2.75) is 44.0 Å². The number of urea groups is 1. The molecule has 1 aliphatic heterocycles. The van der Waals surface area contributed by atoms with Crippen molar-refractivity contribution in [3.8, 4) is 5.69 Å². The highest BCUT2D eigenvalue weighted by Gasteiger charge is 2.30. The lowest BCUT2D eigenvalue weighted by Gasteiger charge is -2.38. The van der Waals surface area contributed by atoms with Crippen LogP contribution in [0.15, 0.2) is 41.3 Å². The minimum absolute atomic E-state index is 0.104. The number of amides is 2. The first kappa shape index (κ1) is 24.3. The van der Waals surface area contributed by atoms with Crippen molar-refractivity contribution in [3.63, 3.8) is 0 Å². The summed E-state index contributed by atoms with van der Waals surface area (Å²) >= 11 is 0. The molecule has 1 aliphatic carbocycles. The van der Waals surface area contributed by atoms with Gasteiger partial charge in [0.05, 0.1) is 11.8 Å². The highest BCUT2D eigenvalue weighted by atomic mass is 16.5. The van der Waals surface area contributed by atoms with E-state index in [2.05, 4.69) is 27.6 Å². The van der Waals surface area contributed by atoms with E-state index in [9.17, 15) is 9.59 Å². The van der Waals surface area contributed by atoms with E-state index in [0.29, 0.717) is 19.1 Å². The maximum atomic E-state index is 12.6. The van der Waals surface area contributed by atoms with E-state index in [0.717, 1.165) is 50.1 Å². The predicted molar refractivity (Wildman–Crippen MR) is 131 cm³/mol. The van der Waals surface area contributed by atoms with E-state index >= 15 is 0 Å². The molecule has 0 bridgehead atoms. The summed E-state index contributed by atoms with van der Waals surface area (Å²) in [6.07, 6.45) is 4.71. The number of piperazine rings is 1. The summed E-state index contributed by atoms with van der Waals surface area (Å²) in [5.74, 6) is 0.254. The summed E-state index contributed by atoms with van der Waals surface area (Å²) in [6, 6.07) is 9.84. The molecule has 34 heavy (non-hydrogen) atoms. The number of nitrogens with zero attached hydrogens (tertiary/aromatic N) is 4. The van der Waals surface area contributed by atoms with Gasteiger partial charge < -0.3 is 20.7 Å². The fraction of sp³-hybridized carbons (Fsp3) is 0.542. The number of nitrogens with one attached hydrogen (secondary N) is 2. The third-order valence-electron chi connectivity index (χ3n) is 6.83. The molecule has 0 radical (unpaired) electrons. The van der Waals surface area contributed by atoms with Crippen LogP contribution in [0.3, 0.4) is 0 Å². The average molecular weight is 470 g/mol. The number of hydrogen-bond acceptors (Lipinski definition) is 7. The fourth-order valence-corrected chi connectivity index (χ4v) is 4.71. The summed E-state index contributed by atoms with van der Waals surface area (Å²) < 4.78 is 7.02. The third kappa shape index (κ3) is 5.82. The number of carbonyl (C=O) groups excluding carboxylic acids is 1. The van der Waals surface area contributed by atoms with Gasteiger partial charge in [0.1, 0.15) is 5.82 Å². The summed E-state index contributed by atoms with van der Waals surface area (Å²) in [4.78, 5) is 33.0. The van der Waals surface area contributed by atoms with Crippen LogP contribution in [0.5, 0.6) is 0 Å². The summed E-state index contributed by atoms with van der Waals surface area (Å²) in [7, 11) is 3.86. The first-order valence-corrected chi connectivity index (χ1v) is 11.9. The van der Waals surface area contributed by atoms with Crippen LogP contribution in [0.1, 0.15) is 24.8 Å². The van der Waals surface area contributed by atoms with Crippen molar-refractivity contribution < 1.29 is 9.53 Å². The zero-order chi connectivity index (χ0) is 24.1. The van der Waals surface area contributed by atoms with Crippen LogP contribution in [-0.4, -0.2) is 83.9 Å². The fourth-order valence-electron chi connectivity index (χ4n) is 4.71. The van der Waals surface area contributed by atoms with Crippen molar-refractivity contribution in [1.82, 2.24) is 24.7 Å².